The normalized spacial score (nSPS) is 12.9. The fraction of sp³-hybridized carbons (Fsp3) is 0.391. The second kappa shape index (κ2) is 10.5. The molecule has 0 spiro atoms. The summed E-state index contributed by atoms with van der Waals surface area (Å²) in [5.74, 6) is 0.233. The molecule has 0 aliphatic heterocycles. The highest BCUT2D eigenvalue weighted by Crippen LogP contribution is 2.12. The first-order valence-electron chi connectivity index (χ1n) is 9.70. The van der Waals surface area contributed by atoms with Gasteiger partial charge >= 0.3 is 0 Å². The van der Waals surface area contributed by atoms with Gasteiger partial charge in [-0.05, 0) is 55.5 Å². The molecule has 150 valence electrons. The fourth-order valence-electron chi connectivity index (χ4n) is 2.93. The molecule has 28 heavy (non-hydrogen) atoms. The number of methoxy groups -OCH3 is 1. The molecule has 0 aromatic heterocycles. The third-order valence-electron chi connectivity index (χ3n) is 4.69. The number of benzene rings is 2. The van der Waals surface area contributed by atoms with Crippen molar-refractivity contribution >= 4 is 11.8 Å². The molecule has 0 saturated carbocycles. The zero-order valence-corrected chi connectivity index (χ0v) is 17.1. The zero-order valence-electron chi connectivity index (χ0n) is 17.1. The molecule has 0 radical (unpaired) electrons. The molecule has 0 aliphatic rings. The summed E-state index contributed by atoms with van der Waals surface area (Å²) in [6, 6.07) is 16.5. The van der Waals surface area contributed by atoms with Crippen LogP contribution < -0.4 is 15.4 Å². The first-order valence-corrected chi connectivity index (χ1v) is 9.70. The van der Waals surface area contributed by atoms with Crippen LogP contribution in [-0.4, -0.2) is 31.0 Å². The van der Waals surface area contributed by atoms with Crippen LogP contribution in [0.3, 0.4) is 0 Å². The summed E-state index contributed by atoms with van der Waals surface area (Å²) in [7, 11) is 1.58. The second-order valence-corrected chi connectivity index (χ2v) is 7.36. The second-order valence-electron chi connectivity index (χ2n) is 7.36. The van der Waals surface area contributed by atoms with Crippen LogP contribution >= 0.6 is 0 Å². The third-order valence-corrected chi connectivity index (χ3v) is 4.69. The molecule has 2 aromatic carbocycles. The summed E-state index contributed by atoms with van der Waals surface area (Å²) in [6.07, 6.45) is 1.74. The Hall–Kier alpha value is -2.82. The first kappa shape index (κ1) is 21.5. The van der Waals surface area contributed by atoms with Gasteiger partial charge in [-0.2, -0.15) is 0 Å². The summed E-state index contributed by atoms with van der Waals surface area (Å²) in [5.41, 5.74) is 1.74. The van der Waals surface area contributed by atoms with Crippen LogP contribution in [0.1, 0.15) is 43.1 Å². The molecule has 2 atom stereocenters. The van der Waals surface area contributed by atoms with Crippen LogP contribution in [0, 0.1) is 5.92 Å². The number of amides is 2. The first-order chi connectivity index (χ1) is 13.4. The molecule has 2 unspecified atom stereocenters. The molecule has 5 heteroatoms. The predicted octanol–water partition coefficient (Wildman–Crippen LogP) is 3.59. The lowest BCUT2D eigenvalue weighted by atomic mass is 10.0. The maximum absolute atomic E-state index is 12.7. The van der Waals surface area contributed by atoms with E-state index in [2.05, 4.69) is 22.8 Å². The number of nitrogens with one attached hydrogen (secondary N) is 2. The van der Waals surface area contributed by atoms with E-state index in [9.17, 15) is 9.59 Å². The van der Waals surface area contributed by atoms with Crippen molar-refractivity contribution in [1.82, 2.24) is 10.6 Å². The number of carbonyl (C=O) groups is 2. The van der Waals surface area contributed by atoms with Crippen molar-refractivity contribution < 1.29 is 14.3 Å². The molecule has 0 fully saturated rings. The quantitative estimate of drug-likeness (QED) is 0.696. The molecule has 0 heterocycles. The predicted molar refractivity (Wildman–Crippen MR) is 111 cm³/mol. The smallest absolute Gasteiger partial charge is 0.251 e. The number of hydrogen-bond donors (Lipinski definition) is 2. The maximum atomic E-state index is 12.7. The molecule has 0 saturated heterocycles. The third kappa shape index (κ3) is 6.41. The number of ether oxygens (including phenoxy) is 1. The van der Waals surface area contributed by atoms with Gasteiger partial charge in [0, 0.05) is 11.6 Å². The van der Waals surface area contributed by atoms with Gasteiger partial charge in [0.2, 0.25) is 5.91 Å². The van der Waals surface area contributed by atoms with E-state index in [1.807, 2.05) is 39.0 Å². The van der Waals surface area contributed by atoms with Gasteiger partial charge in [0.05, 0.1) is 7.11 Å². The van der Waals surface area contributed by atoms with Crippen LogP contribution in [0.5, 0.6) is 5.75 Å². The Morgan fingerprint density at radius 2 is 1.57 bits per heavy atom. The van der Waals surface area contributed by atoms with Crippen molar-refractivity contribution in [3.8, 4) is 5.75 Å². The lowest BCUT2D eigenvalue weighted by molar-refractivity contribution is -0.124. The van der Waals surface area contributed by atoms with E-state index in [1.165, 1.54) is 5.56 Å². The van der Waals surface area contributed by atoms with E-state index < -0.39 is 6.04 Å². The number of carbonyl (C=O) groups excluding carboxylic acids is 2. The Morgan fingerprint density at radius 3 is 2.14 bits per heavy atom. The summed E-state index contributed by atoms with van der Waals surface area (Å²) >= 11 is 0. The Balaban J connectivity index is 1.92. The van der Waals surface area contributed by atoms with Gasteiger partial charge in [-0.15, -0.1) is 0 Å². The Kier molecular flexibility index (Phi) is 8.05. The topological polar surface area (TPSA) is 67.4 Å². The standard InChI is InChI=1S/C23H30N2O3/c1-16(2)21(25-22(26)19-12-14-20(28-4)15-13-19)23(27)24-17(3)10-11-18-8-6-5-7-9-18/h5-9,12-17,21H,10-11H2,1-4H3,(H,24,27)(H,25,26). The Labute approximate surface area is 167 Å². The zero-order chi connectivity index (χ0) is 20.5. The van der Waals surface area contributed by atoms with Crippen molar-refractivity contribution in [3.05, 3.63) is 65.7 Å². The van der Waals surface area contributed by atoms with Crippen LogP contribution in [0.15, 0.2) is 54.6 Å². The van der Waals surface area contributed by atoms with Crippen LogP contribution in [-0.2, 0) is 11.2 Å². The lowest BCUT2D eigenvalue weighted by Gasteiger charge is -2.24. The fourth-order valence-corrected chi connectivity index (χ4v) is 2.93. The van der Waals surface area contributed by atoms with Crippen molar-refractivity contribution in [1.29, 1.82) is 0 Å². The Bertz CT molecular complexity index is 757. The van der Waals surface area contributed by atoms with Gasteiger partial charge in [-0.3, -0.25) is 9.59 Å². The van der Waals surface area contributed by atoms with E-state index in [0.29, 0.717) is 11.3 Å². The van der Waals surface area contributed by atoms with Crippen molar-refractivity contribution in [3.63, 3.8) is 0 Å². The highest BCUT2D eigenvalue weighted by atomic mass is 16.5. The molecule has 2 N–H and O–H groups in total. The van der Waals surface area contributed by atoms with Gasteiger partial charge in [0.1, 0.15) is 11.8 Å². The van der Waals surface area contributed by atoms with Crippen LogP contribution in [0.4, 0.5) is 0 Å². The van der Waals surface area contributed by atoms with Crippen LogP contribution in [0.25, 0.3) is 0 Å². The number of hydrogen-bond acceptors (Lipinski definition) is 3. The van der Waals surface area contributed by atoms with Gasteiger partial charge in [0.15, 0.2) is 0 Å². The van der Waals surface area contributed by atoms with E-state index >= 15 is 0 Å². The minimum absolute atomic E-state index is 0.0202. The van der Waals surface area contributed by atoms with Crippen LogP contribution in [0.2, 0.25) is 0 Å². The molecular weight excluding hydrogens is 352 g/mol. The summed E-state index contributed by atoms with van der Waals surface area (Å²) < 4.78 is 5.11. The molecular formula is C23H30N2O3. The van der Waals surface area contributed by atoms with E-state index in [-0.39, 0.29) is 23.8 Å². The van der Waals surface area contributed by atoms with Gasteiger partial charge < -0.3 is 15.4 Å². The molecule has 5 nitrogen and oxygen atoms in total. The van der Waals surface area contributed by atoms with Crippen molar-refractivity contribution in [2.24, 2.45) is 5.92 Å². The highest BCUT2D eigenvalue weighted by molar-refractivity contribution is 5.97. The molecule has 2 aromatic rings. The maximum Gasteiger partial charge on any atom is 0.251 e. The van der Waals surface area contributed by atoms with Crippen molar-refractivity contribution in [2.45, 2.75) is 45.7 Å². The summed E-state index contributed by atoms with van der Waals surface area (Å²) in [4.78, 5) is 25.3. The number of aryl methyl sites for hydroxylation is 1. The monoisotopic (exact) mass is 382 g/mol. The van der Waals surface area contributed by atoms with E-state index in [1.54, 1.807) is 31.4 Å². The van der Waals surface area contributed by atoms with Gasteiger partial charge in [-0.25, -0.2) is 0 Å². The summed E-state index contributed by atoms with van der Waals surface area (Å²) in [6.45, 7) is 5.84. The molecule has 2 amide bonds. The molecule has 0 bridgehead atoms. The number of rotatable bonds is 9. The Morgan fingerprint density at radius 1 is 0.929 bits per heavy atom. The lowest BCUT2D eigenvalue weighted by Crippen LogP contribution is -2.51. The van der Waals surface area contributed by atoms with E-state index in [0.717, 1.165) is 12.8 Å². The SMILES string of the molecule is COc1ccc(C(=O)NC(C(=O)NC(C)CCc2ccccc2)C(C)C)cc1. The highest BCUT2D eigenvalue weighted by Gasteiger charge is 2.25. The average Bonchev–Trinajstić information content (AvgIpc) is 2.70. The van der Waals surface area contributed by atoms with Gasteiger partial charge in [0.25, 0.3) is 5.91 Å². The molecule has 0 aliphatic carbocycles. The van der Waals surface area contributed by atoms with E-state index in [4.69, 9.17) is 4.74 Å². The largest absolute Gasteiger partial charge is 0.497 e. The van der Waals surface area contributed by atoms with Gasteiger partial charge in [-0.1, -0.05) is 44.2 Å². The average molecular weight is 383 g/mol. The minimum Gasteiger partial charge on any atom is -0.497 e. The van der Waals surface area contributed by atoms with Crippen molar-refractivity contribution in [2.75, 3.05) is 7.11 Å². The molecule has 2 rings (SSSR count). The minimum atomic E-state index is -0.589. The summed E-state index contributed by atoms with van der Waals surface area (Å²) in [5, 5.41) is 5.89.